The Labute approximate surface area is 249 Å². The lowest BCUT2D eigenvalue weighted by Crippen LogP contribution is -2.74. The number of ether oxygens (including phenoxy) is 2. The summed E-state index contributed by atoms with van der Waals surface area (Å²) in [5, 5.41) is 7.45. The van der Waals surface area contributed by atoms with Crippen LogP contribution in [0.4, 0.5) is 0 Å². The van der Waals surface area contributed by atoms with E-state index in [0.717, 1.165) is 32.3 Å². The number of hydrogen-bond donors (Lipinski definition) is 1. The minimum absolute atomic E-state index is 0.107. The van der Waals surface area contributed by atoms with Crippen LogP contribution in [0, 0.1) is 0 Å². The van der Waals surface area contributed by atoms with Gasteiger partial charge >= 0.3 is 5.97 Å². The average molecular weight is 606 g/mol. The largest absolute Gasteiger partial charge is 0.497 e. The summed E-state index contributed by atoms with van der Waals surface area (Å²) in [4.78, 5) is 46.8. The average Bonchev–Trinajstić information content (AvgIpc) is 3.72. The fourth-order valence-electron chi connectivity index (χ4n) is 5.03. The zero-order valence-electron chi connectivity index (χ0n) is 22.1. The number of aromatic nitrogens is 1. The lowest BCUT2D eigenvalue weighted by Gasteiger charge is -2.54. The molecule has 0 spiro atoms. The summed E-state index contributed by atoms with van der Waals surface area (Å²) in [5.74, 6) is 0.383. The number of thiophene rings is 1. The molecule has 0 aliphatic carbocycles. The van der Waals surface area contributed by atoms with Crippen LogP contribution in [0.15, 0.2) is 77.6 Å². The summed E-state index contributed by atoms with van der Waals surface area (Å²) in [6.07, 6.45) is 1.96. The third kappa shape index (κ3) is 5.49. The van der Waals surface area contributed by atoms with Gasteiger partial charge in [0.15, 0.2) is 0 Å². The van der Waals surface area contributed by atoms with Crippen molar-refractivity contribution in [2.45, 2.75) is 29.9 Å². The summed E-state index contributed by atoms with van der Waals surface area (Å²) in [5.41, 5.74) is 1.63. The Hall–Kier alpha value is -3.67. The Morgan fingerprint density at radius 1 is 1.10 bits per heavy atom. The number of thiazole rings is 1. The number of β-lactam (4-membered cyclic amide) rings is 1. The van der Waals surface area contributed by atoms with Crippen LogP contribution in [-0.2, 0) is 37.6 Å². The zero-order chi connectivity index (χ0) is 28.4. The minimum atomic E-state index is -1.04. The smallest absolute Gasteiger partial charge is 0.320 e. The molecule has 3 atom stereocenters. The number of methoxy groups -OCH3 is 1. The van der Waals surface area contributed by atoms with Crippen molar-refractivity contribution in [2.24, 2.45) is 0 Å². The van der Waals surface area contributed by atoms with Gasteiger partial charge in [-0.15, -0.1) is 34.4 Å². The van der Waals surface area contributed by atoms with Gasteiger partial charge in [-0.1, -0.05) is 42.5 Å². The number of nitrogens with zero attached hydrogens (tertiary/aromatic N) is 2. The molecular formula is C30H27N3O5S3. The number of carbonyl (C=O) groups is 3. The van der Waals surface area contributed by atoms with Crippen LogP contribution < -0.4 is 10.1 Å². The van der Waals surface area contributed by atoms with Crippen molar-refractivity contribution in [3.63, 3.8) is 0 Å². The monoisotopic (exact) mass is 605 g/mol. The molecule has 4 heterocycles. The Morgan fingerprint density at radius 3 is 2.63 bits per heavy atom. The normalized spacial score (nSPS) is 21.5. The molecule has 11 heteroatoms. The third-order valence-corrected chi connectivity index (χ3v) is 10.8. The molecule has 2 fully saturated rings. The molecule has 2 aliphatic heterocycles. The number of hydrogen-bond acceptors (Lipinski definition) is 9. The number of esters is 1. The number of nitrogens with one attached hydrogen (secondary N) is 1. The van der Waals surface area contributed by atoms with Crippen molar-refractivity contribution in [2.75, 3.05) is 19.4 Å². The second kappa shape index (κ2) is 11.7. The quantitative estimate of drug-likeness (QED) is 0.222. The molecule has 0 saturated carbocycles. The van der Waals surface area contributed by atoms with Gasteiger partial charge in [0.1, 0.15) is 34.2 Å². The Balaban J connectivity index is 1.20. The molecule has 2 aliphatic rings. The van der Waals surface area contributed by atoms with E-state index in [2.05, 4.69) is 10.3 Å². The third-order valence-electron chi connectivity index (χ3n) is 7.28. The van der Waals surface area contributed by atoms with Gasteiger partial charge in [0.25, 0.3) is 0 Å². The van der Waals surface area contributed by atoms with E-state index in [9.17, 15) is 14.4 Å². The lowest BCUT2D eigenvalue weighted by molar-refractivity contribution is -0.158. The second-order valence-electron chi connectivity index (χ2n) is 9.92. The van der Waals surface area contributed by atoms with Gasteiger partial charge in [0, 0.05) is 39.7 Å². The topological polar surface area (TPSA) is 97.8 Å². The van der Waals surface area contributed by atoms with Crippen molar-refractivity contribution in [1.29, 1.82) is 0 Å². The van der Waals surface area contributed by atoms with E-state index < -0.39 is 11.5 Å². The lowest BCUT2D eigenvalue weighted by atomic mass is 9.85. The van der Waals surface area contributed by atoms with E-state index in [4.69, 9.17) is 9.47 Å². The van der Waals surface area contributed by atoms with Crippen LogP contribution in [0.2, 0.25) is 0 Å². The van der Waals surface area contributed by atoms with E-state index in [-0.39, 0.29) is 42.7 Å². The van der Waals surface area contributed by atoms with Crippen molar-refractivity contribution < 1.29 is 23.9 Å². The molecule has 8 nitrogen and oxygen atoms in total. The summed E-state index contributed by atoms with van der Waals surface area (Å²) in [7, 11) is 1.60. The molecule has 41 heavy (non-hydrogen) atoms. The summed E-state index contributed by atoms with van der Waals surface area (Å²) in [6.45, 7) is 0.295. The van der Waals surface area contributed by atoms with Gasteiger partial charge < -0.3 is 19.7 Å². The summed E-state index contributed by atoms with van der Waals surface area (Å²) in [6, 6.07) is 18.2. The molecule has 2 saturated heterocycles. The predicted octanol–water partition coefficient (Wildman–Crippen LogP) is 4.50. The first-order chi connectivity index (χ1) is 20.0. The standard InChI is InChI=1S/C30H27N3O5S3/c1-37-22-9-7-20(8-10-22)15-38-29(36)30(23-14-21(16-40-23)26-31-11-12-39-26)17-33-27(35)25(28(33)41-18-30)32-24(34)13-19-5-3-2-4-6-19/h2-12,14,16,25,28H,13,15,17-18H2,1H3,(H,32,34)/t25-,28-,30?/m1/s1. The highest BCUT2D eigenvalue weighted by atomic mass is 32.2. The van der Waals surface area contributed by atoms with Crippen molar-refractivity contribution in [3.8, 4) is 16.3 Å². The van der Waals surface area contributed by atoms with Crippen molar-refractivity contribution in [1.82, 2.24) is 15.2 Å². The van der Waals surface area contributed by atoms with Crippen LogP contribution in [0.25, 0.3) is 10.6 Å². The Kier molecular flexibility index (Phi) is 7.83. The molecule has 0 radical (unpaired) electrons. The first-order valence-electron chi connectivity index (χ1n) is 13.0. The highest BCUT2D eigenvalue weighted by Crippen LogP contribution is 2.47. The fraction of sp³-hybridized carbons (Fsp3) is 0.267. The Bertz CT molecular complexity index is 1540. The number of rotatable bonds is 9. The molecular weight excluding hydrogens is 579 g/mol. The number of fused-ring (bicyclic) bond motifs is 1. The second-order valence-corrected chi connectivity index (χ2v) is 12.8. The highest BCUT2D eigenvalue weighted by Gasteiger charge is 2.59. The first-order valence-corrected chi connectivity index (χ1v) is 15.8. The first kappa shape index (κ1) is 27.5. The Morgan fingerprint density at radius 2 is 1.90 bits per heavy atom. The van der Waals surface area contributed by atoms with Gasteiger partial charge in [-0.2, -0.15) is 0 Å². The van der Waals surface area contributed by atoms with Crippen LogP contribution in [0.5, 0.6) is 5.75 Å². The molecule has 4 aromatic rings. The predicted molar refractivity (Wildman–Crippen MR) is 160 cm³/mol. The van der Waals surface area contributed by atoms with E-state index >= 15 is 0 Å². The molecule has 0 bridgehead atoms. The molecule has 210 valence electrons. The maximum absolute atomic E-state index is 13.9. The van der Waals surface area contributed by atoms with Gasteiger partial charge in [0.2, 0.25) is 11.8 Å². The van der Waals surface area contributed by atoms with Gasteiger partial charge in [-0.3, -0.25) is 14.4 Å². The minimum Gasteiger partial charge on any atom is -0.497 e. The van der Waals surface area contributed by atoms with E-state index in [0.29, 0.717) is 5.75 Å². The van der Waals surface area contributed by atoms with E-state index in [1.54, 1.807) is 18.2 Å². The molecule has 1 unspecified atom stereocenters. The molecule has 1 N–H and O–H groups in total. The van der Waals surface area contributed by atoms with Crippen LogP contribution in [0.1, 0.15) is 16.0 Å². The van der Waals surface area contributed by atoms with Crippen LogP contribution >= 0.6 is 34.4 Å². The fourth-order valence-corrected chi connectivity index (χ4v) is 8.45. The molecule has 2 amide bonds. The molecule has 2 aromatic carbocycles. The highest BCUT2D eigenvalue weighted by molar-refractivity contribution is 8.00. The SMILES string of the molecule is COc1ccc(COC(=O)C2(c3cc(-c4nccs4)cs3)CS[C@@H]3[C@H](NC(=O)Cc4ccccc4)C(=O)N3C2)cc1. The zero-order valence-corrected chi connectivity index (χ0v) is 24.6. The summed E-state index contributed by atoms with van der Waals surface area (Å²) >= 11 is 4.51. The van der Waals surface area contributed by atoms with Crippen molar-refractivity contribution in [3.05, 3.63) is 93.6 Å². The van der Waals surface area contributed by atoms with Crippen molar-refractivity contribution >= 4 is 52.2 Å². The number of carbonyl (C=O) groups excluding carboxylic acids is 3. The maximum atomic E-state index is 13.9. The van der Waals surface area contributed by atoms with E-state index in [1.165, 1.54) is 34.4 Å². The van der Waals surface area contributed by atoms with E-state index in [1.807, 2.05) is 71.4 Å². The van der Waals surface area contributed by atoms with Gasteiger partial charge in [-0.05, 0) is 29.3 Å². The molecule has 2 aromatic heterocycles. The van der Waals surface area contributed by atoms with Gasteiger partial charge in [0.05, 0.1) is 13.5 Å². The molecule has 6 rings (SSSR count). The number of thioether (sulfide) groups is 1. The number of benzene rings is 2. The number of amides is 2. The van der Waals surface area contributed by atoms with Crippen LogP contribution in [0.3, 0.4) is 0 Å². The maximum Gasteiger partial charge on any atom is 0.320 e. The summed E-state index contributed by atoms with van der Waals surface area (Å²) < 4.78 is 11.1. The van der Waals surface area contributed by atoms with Crippen LogP contribution in [-0.4, -0.2) is 58.5 Å². The van der Waals surface area contributed by atoms with Gasteiger partial charge in [-0.25, -0.2) is 4.98 Å².